The lowest BCUT2D eigenvalue weighted by molar-refractivity contribution is -0.110. The molecule has 0 spiro atoms. The summed E-state index contributed by atoms with van der Waals surface area (Å²) in [7, 11) is 1.67. The van der Waals surface area contributed by atoms with Crippen LogP contribution in [0.5, 0.6) is 5.75 Å². The number of ether oxygens (including phenoxy) is 1. The van der Waals surface area contributed by atoms with E-state index in [2.05, 4.69) is 0 Å². The zero-order chi connectivity index (χ0) is 21.5. The van der Waals surface area contributed by atoms with Gasteiger partial charge < -0.3 is 4.74 Å². The SMILES string of the molecule is COc1ccc(C2=NN(c3ccc(/C=C/C(=O)/C=C/c4ccccc4)cc3)CC2)cc1. The van der Waals surface area contributed by atoms with Crippen LogP contribution in [0.15, 0.2) is 96.1 Å². The topological polar surface area (TPSA) is 41.9 Å². The van der Waals surface area contributed by atoms with E-state index in [1.54, 1.807) is 19.3 Å². The summed E-state index contributed by atoms with van der Waals surface area (Å²) in [6.45, 7) is 0.847. The van der Waals surface area contributed by atoms with Crippen LogP contribution in [0.2, 0.25) is 0 Å². The number of anilines is 1. The molecule has 0 aliphatic carbocycles. The minimum absolute atomic E-state index is 0.0406. The van der Waals surface area contributed by atoms with Gasteiger partial charge in [0.05, 0.1) is 18.5 Å². The minimum Gasteiger partial charge on any atom is -0.497 e. The lowest BCUT2D eigenvalue weighted by Crippen LogP contribution is -2.11. The van der Waals surface area contributed by atoms with E-state index in [1.807, 2.05) is 96.0 Å². The van der Waals surface area contributed by atoms with E-state index in [0.717, 1.165) is 46.8 Å². The molecule has 0 saturated heterocycles. The fraction of sp³-hybridized carbons (Fsp3) is 0.111. The van der Waals surface area contributed by atoms with Crippen molar-refractivity contribution in [3.63, 3.8) is 0 Å². The summed E-state index contributed by atoms with van der Waals surface area (Å²) in [5.74, 6) is 0.804. The molecule has 4 rings (SSSR count). The quantitative estimate of drug-likeness (QED) is 0.478. The second kappa shape index (κ2) is 9.72. The molecule has 1 aliphatic rings. The van der Waals surface area contributed by atoms with Crippen LogP contribution in [0, 0.1) is 0 Å². The van der Waals surface area contributed by atoms with E-state index >= 15 is 0 Å². The molecule has 0 atom stereocenters. The van der Waals surface area contributed by atoms with Crippen molar-refractivity contribution in [2.75, 3.05) is 18.7 Å². The third-order valence-electron chi connectivity index (χ3n) is 5.10. The van der Waals surface area contributed by atoms with Crippen molar-refractivity contribution in [2.24, 2.45) is 5.10 Å². The summed E-state index contributed by atoms with van der Waals surface area (Å²) in [4.78, 5) is 12.1. The zero-order valence-electron chi connectivity index (χ0n) is 17.4. The number of carbonyl (C=O) groups excluding carboxylic acids is 1. The minimum atomic E-state index is -0.0406. The number of hydrazone groups is 1. The summed E-state index contributed by atoms with van der Waals surface area (Å²) in [5.41, 5.74) is 5.21. The van der Waals surface area contributed by atoms with E-state index in [4.69, 9.17) is 9.84 Å². The first-order valence-corrected chi connectivity index (χ1v) is 10.3. The molecule has 3 aromatic carbocycles. The average molecular weight is 409 g/mol. The van der Waals surface area contributed by atoms with Gasteiger partial charge in [-0.1, -0.05) is 54.6 Å². The Morgan fingerprint density at radius 2 is 1.52 bits per heavy atom. The number of hydrogen-bond acceptors (Lipinski definition) is 4. The van der Waals surface area contributed by atoms with Gasteiger partial charge in [-0.05, 0) is 65.2 Å². The van der Waals surface area contributed by atoms with Gasteiger partial charge in [0.25, 0.3) is 0 Å². The lowest BCUT2D eigenvalue weighted by Gasteiger charge is -2.13. The first-order chi connectivity index (χ1) is 15.2. The van der Waals surface area contributed by atoms with E-state index < -0.39 is 0 Å². The molecule has 31 heavy (non-hydrogen) atoms. The second-order valence-corrected chi connectivity index (χ2v) is 7.22. The van der Waals surface area contributed by atoms with Crippen molar-refractivity contribution in [3.8, 4) is 5.75 Å². The van der Waals surface area contributed by atoms with Gasteiger partial charge in [0, 0.05) is 13.0 Å². The molecule has 0 aromatic heterocycles. The number of nitrogens with zero attached hydrogens (tertiary/aromatic N) is 2. The average Bonchev–Trinajstić information content (AvgIpc) is 3.33. The highest BCUT2D eigenvalue weighted by Gasteiger charge is 2.17. The number of rotatable bonds is 7. The highest BCUT2D eigenvalue weighted by atomic mass is 16.5. The normalized spacial score (nSPS) is 13.7. The van der Waals surface area contributed by atoms with Gasteiger partial charge in [-0.2, -0.15) is 5.10 Å². The van der Waals surface area contributed by atoms with Gasteiger partial charge >= 0.3 is 0 Å². The molecule has 0 bridgehead atoms. The van der Waals surface area contributed by atoms with Crippen molar-refractivity contribution in [3.05, 3.63) is 108 Å². The number of ketones is 1. The molecule has 0 N–H and O–H groups in total. The molecule has 0 fully saturated rings. The maximum Gasteiger partial charge on any atom is 0.178 e. The Bertz CT molecular complexity index is 1110. The molecule has 1 aliphatic heterocycles. The van der Waals surface area contributed by atoms with Gasteiger partial charge in [0.2, 0.25) is 0 Å². The Hall–Kier alpha value is -3.92. The molecular weight excluding hydrogens is 384 g/mol. The Balaban J connectivity index is 1.37. The van der Waals surface area contributed by atoms with Crippen LogP contribution in [0.1, 0.15) is 23.1 Å². The zero-order valence-corrected chi connectivity index (χ0v) is 17.4. The Labute approximate surface area is 182 Å². The molecule has 0 radical (unpaired) electrons. The summed E-state index contributed by atoms with van der Waals surface area (Å²) < 4.78 is 5.22. The van der Waals surface area contributed by atoms with Crippen molar-refractivity contribution < 1.29 is 9.53 Å². The maximum atomic E-state index is 12.1. The van der Waals surface area contributed by atoms with Gasteiger partial charge in [0.15, 0.2) is 5.78 Å². The van der Waals surface area contributed by atoms with Crippen LogP contribution >= 0.6 is 0 Å². The largest absolute Gasteiger partial charge is 0.497 e. The summed E-state index contributed by atoms with van der Waals surface area (Å²) >= 11 is 0. The predicted octanol–water partition coefficient (Wildman–Crippen LogP) is 5.61. The first kappa shape index (κ1) is 20.4. The van der Waals surface area contributed by atoms with Crippen molar-refractivity contribution in [1.82, 2.24) is 0 Å². The molecule has 3 aromatic rings. The van der Waals surface area contributed by atoms with E-state index in [0.29, 0.717) is 0 Å². The number of benzene rings is 3. The molecule has 154 valence electrons. The van der Waals surface area contributed by atoms with Crippen LogP contribution < -0.4 is 9.75 Å². The fourth-order valence-corrected chi connectivity index (χ4v) is 3.36. The molecule has 0 saturated carbocycles. The van der Waals surface area contributed by atoms with E-state index in [9.17, 15) is 4.79 Å². The monoisotopic (exact) mass is 408 g/mol. The highest BCUT2D eigenvalue weighted by Crippen LogP contribution is 2.23. The predicted molar refractivity (Wildman–Crippen MR) is 127 cm³/mol. The van der Waals surface area contributed by atoms with Gasteiger partial charge in [-0.3, -0.25) is 9.80 Å². The summed E-state index contributed by atoms with van der Waals surface area (Å²) in [6.07, 6.45) is 7.72. The maximum absolute atomic E-state index is 12.1. The van der Waals surface area contributed by atoms with E-state index in [1.165, 1.54) is 0 Å². The Morgan fingerprint density at radius 1 is 0.871 bits per heavy atom. The van der Waals surface area contributed by atoms with Gasteiger partial charge in [0.1, 0.15) is 5.75 Å². The molecule has 0 amide bonds. The van der Waals surface area contributed by atoms with Crippen LogP contribution in [-0.4, -0.2) is 25.1 Å². The Kier molecular flexibility index (Phi) is 6.38. The number of hydrogen-bond donors (Lipinski definition) is 0. The number of allylic oxidation sites excluding steroid dienone is 2. The fourth-order valence-electron chi connectivity index (χ4n) is 3.36. The van der Waals surface area contributed by atoms with Crippen LogP contribution in [0.25, 0.3) is 12.2 Å². The third kappa shape index (κ3) is 5.37. The van der Waals surface area contributed by atoms with Crippen LogP contribution in [0.4, 0.5) is 5.69 Å². The third-order valence-corrected chi connectivity index (χ3v) is 5.10. The smallest absolute Gasteiger partial charge is 0.178 e. The van der Waals surface area contributed by atoms with Gasteiger partial charge in [-0.25, -0.2) is 0 Å². The van der Waals surface area contributed by atoms with E-state index in [-0.39, 0.29) is 5.78 Å². The van der Waals surface area contributed by atoms with Crippen molar-refractivity contribution in [1.29, 1.82) is 0 Å². The highest BCUT2D eigenvalue weighted by molar-refractivity contribution is 6.04. The lowest BCUT2D eigenvalue weighted by atomic mass is 10.1. The van der Waals surface area contributed by atoms with Crippen LogP contribution in [-0.2, 0) is 4.79 Å². The number of carbonyl (C=O) groups is 1. The number of methoxy groups -OCH3 is 1. The van der Waals surface area contributed by atoms with Crippen molar-refractivity contribution >= 4 is 29.3 Å². The second-order valence-electron chi connectivity index (χ2n) is 7.22. The summed E-state index contributed by atoms with van der Waals surface area (Å²) in [6, 6.07) is 25.8. The molecule has 1 heterocycles. The molecule has 0 unspecified atom stereocenters. The standard InChI is InChI=1S/C27H24N2O2/c1-31-26-17-11-23(12-18-26)27-19-20-29(28-27)24-13-7-22(8-14-24)10-16-25(30)15-9-21-5-3-2-4-6-21/h2-18H,19-20H2,1H3/b15-9+,16-10+. The summed E-state index contributed by atoms with van der Waals surface area (Å²) in [5, 5.41) is 6.78. The molecule has 4 nitrogen and oxygen atoms in total. The molecular formula is C27H24N2O2. The van der Waals surface area contributed by atoms with Gasteiger partial charge in [-0.15, -0.1) is 0 Å². The molecule has 4 heteroatoms. The first-order valence-electron chi connectivity index (χ1n) is 10.3. The van der Waals surface area contributed by atoms with Crippen molar-refractivity contribution in [2.45, 2.75) is 6.42 Å². The van der Waals surface area contributed by atoms with Crippen LogP contribution in [0.3, 0.4) is 0 Å². The Morgan fingerprint density at radius 3 is 2.16 bits per heavy atom.